The van der Waals surface area contributed by atoms with E-state index in [2.05, 4.69) is 312 Å². The van der Waals surface area contributed by atoms with E-state index in [9.17, 15) is 0 Å². The van der Waals surface area contributed by atoms with Crippen LogP contribution in [-0.2, 0) is 0 Å². The highest BCUT2D eigenvalue weighted by molar-refractivity contribution is 7.22. The van der Waals surface area contributed by atoms with Gasteiger partial charge in [-0.25, -0.2) is 0 Å². The average molecular weight is 999 g/mol. The molecule has 12 aromatic carbocycles. The molecule has 0 saturated carbocycles. The third kappa shape index (κ3) is 6.51. The molecule has 0 aliphatic carbocycles. The quantitative estimate of drug-likeness (QED) is 0.101. The predicted molar refractivity (Wildman–Crippen MR) is 327 cm³/mol. The van der Waals surface area contributed by atoms with Crippen LogP contribution in [0.15, 0.2) is 303 Å². The number of aromatic nitrogens is 2. The monoisotopic (exact) mass is 998 g/mol. The van der Waals surface area contributed by atoms with Crippen molar-refractivity contribution >= 4 is 101 Å². The zero-order chi connectivity index (χ0) is 50.2. The Bertz CT molecular complexity index is 4350. The minimum Gasteiger partial charge on any atom is -0.309 e. The molecule has 0 atom stereocenters. The van der Waals surface area contributed by atoms with Crippen LogP contribution < -0.4 is 41.5 Å². The second-order valence-electron chi connectivity index (χ2n) is 20.3. The van der Waals surface area contributed by atoms with Crippen molar-refractivity contribution in [3.8, 4) is 33.6 Å². The minimum absolute atomic E-state index is 1.14. The summed E-state index contributed by atoms with van der Waals surface area (Å²) < 4.78 is 4.95. The number of hydrogen-bond donors (Lipinski definition) is 0. The summed E-state index contributed by atoms with van der Waals surface area (Å²) in [5.74, 6) is 0. The van der Waals surface area contributed by atoms with Crippen LogP contribution in [0, 0.1) is 0 Å². The van der Waals surface area contributed by atoms with Crippen molar-refractivity contribution in [2.24, 2.45) is 0 Å². The van der Waals surface area contributed by atoms with Crippen molar-refractivity contribution in [1.82, 2.24) is 9.13 Å². The molecule has 0 amide bonds. The number of benzene rings is 12. The fourth-order valence-corrected chi connectivity index (χ4v) is 23.3. The molecule has 0 radical (unpaired) electrons. The fourth-order valence-electron chi connectivity index (χ4n) is 13.4. The van der Waals surface area contributed by atoms with Crippen LogP contribution in [0.3, 0.4) is 0 Å². The van der Waals surface area contributed by atoms with Gasteiger partial charge in [-0.1, -0.05) is 255 Å². The average Bonchev–Trinajstić information content (AvgIpc) is 4.31. The highest BCUT2D eigenvalue weighted by atomic mass is 28.3. The van der Waals surface area contributed by atoms with Gasteiger partial charge in [0.15, 0.2) is 16.1 Å². The van der Waals surface area contributed by atoms with Gasteiger partial charge in [-0.05, 0) is 112 Å². The van der Waals surface area contributed by atoms with E-state index >= 15 is 0 Å². The zero-order valence-corrected chi connectivity index (χ0v) is 43.8. The Morgan fingerprint density at radius 1 is 0.250 bits per heavy atom. The summed E-state index contributed by atoms with van der Waals surface area (Å²) in [5.41, 5.74) is 12.2. The van der Waals surface area contributed by atoms with E-state index < -0.39 is 16.1 Å². The van der Waals surface area contributed by atoms with Crippen LogP contribution in [0.1, 0.15) is 0 Å². The van der Waals surface area contributed by atoms with Gasteiger partial charge in [-0.3, -0.25) is 0 Å². The molecule has 0 N–H and O–H groups in total. The van der Waals surface area contributed by atoms with Gasteiger partial charge in [0.1, 0.15) is 0 Å². The summed E-state index contributed by atoms with van der Waals surface area (Å²) in [5, 5.41) is 16.1. The van der Waals surface area contributed by atoms with Gasteiger partial charge in [0.2, 0.25) is 0 Å². The van der Waals surface area contributed by atoms with Crippen LogP contribution in [0.2, 0.25) is 0 Å². The first-order chi connectivity index (χ1) is 37.7. The Kier molecular flexibility index (Phi) is 10.3. The maximum atomic E-state index is 2.54. The van der Waals surface area contributed by atoms with Crippen LogP contribution in [0.4, 0.5) is 0 Å². The van der Waals surface area contributed by atoms with E-state index in [0.717, 1.165) is 11.4 Å². The summed E-state index contributed by atoms with van der Waals surface area (Å²) in [7, 11) is -5.35. The highest BCUT2D eigenvalue weighted by Gasteiger charge is 2.48. The number of para-hydroxylation sites is 2. The van der Waals surface area contributed by atoms with Gasteiger partial charge in [0.25, 0.3) is 0 Å². The largest absolute Gasteiger partial charge is 0.309 e. The van der Waals surface area contributed by atoms with Crippen molar-refractivity contribution in [3.63, 3.8) is 0 Å². The highest BCUT2D eigenvalue weighted by Crippen LogP contribution is 2.39. The molecule has 356 valence electrons. The molecule has 76 heavy (non-hydrogen) atoms. The van der Waals surface area contributed by atoms with Crippen molar-refractivity contribution in [3.05, 3.63) is 303 Å². The van der Waals surface area contributed by atoms with Crippen LogP contribution in [0.5, 0.6) is 0 Å². The van der Waals surface area contributed by atoms with Gasteiger partial charge < -0.3 is 9.13 Å². The molecular formula is C72H50N2Si2. The molecule has 4 heteroatoms. The summed E-state index contributed by atoms with van der Waals surface area (Å²) >= 11 is 0. The molecule has 0 fully saturated rings. The smallest absolute Gasteiger partial charge is 0.180 e. The molecule has 0 saturated heterocycles. The van der Waals surface area contributed by atoms with E-state index in [0.29, 0.717) is 0 Å². The van der Waals surface area contributed by atoms with Gasteiger partial charge in [-0.2, -0.15) is 0 Å². The van der Waals surface area contributed by atoms with E-state index in [1.165, 1.54) is 107 Å². The summed E-state index contributed by atoms with van der Waals surface area (Å²) in [6, 6.07) is 114. The molecule has 0 spiro atoms. The van der Waals surface area contributed by atoms with Gasteiger partial charge in [-0.15, -0.1) is 0 Å². The predicted octanol–water partition coefficient (Wildman–Crippen LogP) is 12.3. The standard InChI is InChI=1S/C72H50N2Si2/c1-6-22-55(23-7-1)75(56-24-8-2-9-25-56,57-26-10-3-11-27-57)60-43-40-53(41-44-60)73-68-36-20-17-33-62(68)66-50-54(42-47-69(66)73)74-67-35-19-16-32-61(67)63-45-38-51(48-70(63)74)52-39-46-65-64-34-18-21-37-71(64)76(72(65)49-52,58-28-12-4-13-29-58)59-30-14-5-15-31-59/h1-50H. The molecular weight excluding hydrogens is 949 g/mol. The Balaban J connectivity index is 0.884. The lowest BCUT2D eigenvalue weighted by Crippen LogP contribution is -2.74. The van der Waals surface area contributed by atoms with E-state index in [4.69, 9.17) is 0 Å². The zero-order valence-electron chi connectivity index (χ0n) is 41.8. The van der Waals surface area contributed by atoms with Gasteiger partial charge in [0.05, 0.1) is 22.1 Å². The second-order valence-corrected chi connectivity index (χ2v) is 27.9. The van der Waals surface area contributed by atoms with E-state index in [1.807, 2.05) is 0 Å². The minimum atomic E-state index is -2.69. The van der Waals surface area contributed by atoms with Crippen molar-refractivity contribution in [2.45, 2.75) is 0 Å². The first kappa shape index (κ1) is 44.2. The molecule has 3 heterocycles. The van der Waals surface area contributed by atoms with Crippen LogP contribution in [-0.4, -0.2) is 25.3 Å². The Hall–Kier alpha value is -9.33. The molecule has 14 aromatic rings. The van der Waals surface area contributed by atoms with Crippen LogP contribution in [0.25, 0.3) is 77.2 Å². The topological polar surface area (TPSA) is 9.86 Å². The Morgan fingerprint density at radius 3 is 1.28 bits per heavy atom. The maximum absolute atomic E-state index is 2.69. The molecule has 15 rings (SSSR count). The lowest BCUT2D eigenvalue weighted by molar-refractivity contribution is 1.17. The summed E-state index contributed by atoms with van der Waals surface area (Å²) in [4.78, 5) is 0. The third-order valence-corrected chi connectivity index (χ3v) is 26.2. The molecule has 2 nitrogen and oxygen atoms in total. The first-order valence-corrected chi connectivity index (χ1v) is 30.4. The molecule has 1 aliphatic rings. The number of nitrogens with zero attached hydrogens (tertiary/aromatic N) is 2. The number of rotatable bonds is 9. The summed E-state index contributed by atoms with van der Waals surface area (Å²) in [6.07, 6.45) is 0. The van der Waals surface area contributed by atoms with Crippen molar-refractivity contribution in [1.29, 1.82) is 0 Å². The van der Waals surface area contributed by atoms with E-state index in [1.54, 1.807) is 0 Å². The third-order valence-electron chi connectivity index (χ3n) is 16.6. The lowest BCUT2D eigenvalue weighted by Gasteiger charge is -2.34. The van der Waals surface area contributed by atoms with Gasteiger partial charge in [0, 0.05) is 32.9 Å². The molecule has 2 aromatic heterocycles. The van der Waals surface area contributed by atoms with Crippen molar-refractivity contribution < 1.29 is 0 Å². The Labute approximate surface area is 444 Å². The Morgan fingerprint density at radius 2 is 0.671 bits per heavy atom. The number of hydrogen-bond acceptors (Lipinski definition) is 0. The molecule has 0 unspecified atom stereocenters. The SMILES string of the molecule is c1ccc([Si](c2ccccc2)(c2ccccc2)c2ccc(-n3c4ccccc4c4cc(-n5c6ccccc6c6ccc(-c7ccc8c(c7)[Si](c7ccccc7)(c7ccccc7)c7ccccc7-8)cc65)ccc43)cc2)cc1. The number of fused-ring (bicyclic) bond motifs is 9. The summed E-state index contributed by atoms with van der Waals surface area (Å²) in [6.45, 7) is 0. The van der Waals surface area contributed by atoms with Crippen molar-refractivity contribution in [2.75, 3.05) is 0 Å². The normalized spacial score (nSPS) is 12.8. The van der Waals surface area contributed by atoms with Crippen LogP contribution >= 0.6 is 0 Å². The first-order valence-electron chi connectivity index (χ1n) is 26.4. The fraction of sp³-hybridized carbons (Fsp3) is 0. The van der Waals surface area contributed by atoms with Gasteiger partial charge >= 0.3 is 0 Å². The molecule has 0 bridgehead atoms. The molecule has 1 aliphatic heterocycles. The lowest BCUT2D eigenvalue weighted by atomic mass is 9.99. The maximum Gasteiger partial charge on any atom is 0.180 e. The van der Waals surface area contributed by atoms with E-state index in [-0.39, 0.29) is 0 Å². The second kappa shape index (κ2) is 17.7.